The molecule has 9 heteroatoms. The maximum absolute atomic E-state index is 12.7. The SMILES string of the molecule is CC1CN(S(=O)(=O)c2cccc(N)c2[N+](=O)[O-])CCN1C. The number of hydrogen-bond acceptors (Lipinski definition) is 6. The summed E-state index contributed by atoms with van der Waals surface area (Å²) in [5.74, 6) is 0. The van der Waals surface area contributed by atoms with E-state index in [1.807, 2.05) is 18.9 Å². The fourth-order valence-corrected chi connectivity index (χ4v) is 4.01. The Bertz CT molecular complexity index is 661. The topological polar surface area (TPSA) is 110 Å². The van der Waals surface area contributed by atoms with Crippen molar-refractivity contribution in [1.82, 2.24) is 9.21 Å². The predicted molar refractivity (Wildman–Crippen MR) is 78.4 cm³/mol. The Morgan fingerprint density at radius 1 is 1.38 bits per heavy atom. The van der Waals surface area contributed by atoms with Gasteiger partial charge in [-0.1, -0.05) is 6.07 Å². The zero-order chi connectivity index (χ0) is 15.8. The summed E-state index contributed by atoms with van der Waals surface area (Å²) in [5.41, 5.74) is 4.86. The molecule has 1 unspecified atom stereocenters. The Morgan fingerprint density at radius 3 is 2.62 bits per heavy atom. The normalized spacial score (nSPS) is 21.3. The molecule has 1 aliphatic heterocycles. The molecule has 0 radical (unpaired) electrons. The second-order valence-electron chi connectivity index (χ2n) is 5.14. The first-order valence-corrected chi connectivity index (χ1v) is 7.92. The van der Waals surface area contributed by atoms with Crippen LogP contribution < -0.4 is 5.73 Å². The smallest absolute Gasteiger partial charge is 0.312 e. The quantitative estimate of drug-likeness (QED) is 0.494. The number of hydrogen-bond donors (Lipinski definition) is 1. The van der Waals surface area contributed by atoms with Crippen molar-refractivity contribution in [2.45, 2.75) is 17.9 Å². The summed E-state index contributed by atoms with van der Waals surface area (Å²) in [6.07, 6.45) is 0. The van der Waals surface area contributed by atoms with Crippen LogP contribution in [0.4, 0.5) is 11.4 Å². The molecular formula is C12H18N4O4S. The van der Waals surface area contributed by atoms with Crippen molar-refractivity contribution in [1.29, 1.82) is 0 Å². The van der Waals surface area contributed by atoms with Gasteiger partial charge in [0.25, 0.3) is 0 Å². The van der Waals surface area contributed by atoms with E-state index in [9.17, 15) is 18.5 Å². The lowest BCUT2D eigenvalue weighted by molar-refractivity contribution is -0.386. The Hall–Kier alpha value is -1.71. The summed E-state index contributed by atoms with van der Waals surface area (Å²) in [4.78, 5) is 12.1. The van der Waals surface area contributed by atoms with Crippen molar-refractivity contribution < 1.29 is 13.3 Å². The van der Waals surface area contributed by atoms with E-state index < -0.39 is 20.6 Å². The van der Waals surface area contributed by atoms with Gasteiger partial charge in [0.15, 0.2) is 4.90 Å². The number of anilines is 1. The van der Waals surface area contributed by atoms with Crippen molar-refractivity contribution >= 4 is 21.4 Å². The van der Waals surface area contributed by atoms with Crippen LogP contribution in [-0.4, -0.2) is 55.3 Å². The van der Waals surface area contributed by atoms with Crippen LogP contribution in [0.3, 0.4) is 0 Å². The monoisotopic (exact) mass is 314 g/mol. The second-order valence-corrected chi connectivity index (χ2v) is 7.05. The molecule has 0 aliphatic carbocycles. The van der Waals surface area contributed by atoms with E-state index in [1.54, 1.807) is 0 Å². The van der Waals surface area contributed by atoms with Crippen molar-refractivity contribution in [2.24, 2.45) is 0 Å². The van der Waals surface area contributed by atoms with Crippen LogP contribution in [0.15, 0.2) is 23.1 Å². The number of likely N-dealkylation sites (N-methyl/N-ethyl adjacent to an activating group) is 1. The van der Waals surface area contributed by atoms with E-state index in [0.29, 0.717) is 19.6 Å². The van der Waals surface area contributed by atoms with E-state index in [1.165, 1.54) is 22.5 Å². The van der Waals surface area contributed by atoms with Crippen molar-refractivity contribution in [3.63, 3.8) is 0 Å². The van der Waals surface area contributed by atoms with Gasteiger partial charge in [-0.2, -0.15) is 4.31 Å². The molecule has 1 aliphatic rings. The zero-order valence-electron chi connectivity index (χ0n) is 11.9. The minimum absolute atomic E-state index is 0.0497. The molecule has 0 saturated carbocycles. The van der Waals surface area contributed by atoms with Gasteiger partial charge in [-0.3, -0.25) is 10.1 Å². The first kappa shape index (κ1) is 15.7. The van der Waals surface area contributed by atoms with Gasteiger partial charge < -0.3 is 10.6 Å². The van der Waals surface area contributed by atoms with Gasteiger partial charge in [-0.25, -0.2) is 8.42 Å². The summed E-state index contributed by atoms with van der Waals surface area (Å²) in [5, 5.41) is 11.1. The maximum atomic E-state index is 12.7. The number of nitro groups is 1. The molecule has 2 rings (SSSR count). The fraction of sp³-hybridized carbons (Fsp3) is 0.500. The number of sulfonamides is 1. The molecule has 2 N–H and O–H groups in total. The van der Waals surface area contributed by atoms with E-state index >= 15 is 0 Å². The molecule has 0 spiro atoms. The second kappa shape index (κ2) is 5.58. The number of nitrogens with zero attached hydrogens (tertiary/aromatic N) is 3. The number of piperazine rings is 1. The van der Waals surface area contributed by atoms with Crippen molar-refractivity contribution in [2.75, 3.05) is 32.4 Å². The van der Waals surface area contributed by atoms with Crippen molar-refractivity contribution in [3.05, 3.63) is 28.3 Å². The Balaban J connectivity index is 2.46. The number of para-hydroxylation sites is 1. The number of benzene rings is 1. The lowest BCUT2D eigenvalue weighted by Gasteiger charge is -2.36. The van der Waals surface area contributed by atoms with Crippen LogP contribution in [0.25, 0.3) is 0 Å². The molecule has 0 aromatic heterocycles. The highest BCUT2D eigenvalue weighted by atomic mass is 32.2. The number of rotatable bonds is 3. The summed E-state index contributed by atoms with van der Waals surface area (Å²) in [6.45, 7) is 3.09. The van der Waals surface area contributed by atoms with Gasteiger partial charge in [0.1, 0.15) is 5.69 Å². The third kappa shape index (κ3) is 2.85. The average Bonchev–Trinajstić information content (AvgIpc) is 2.41. The van der Waals surface area contributed by atoms with Crippen molar-refractivity contribution in [3.8, 4) is 0 Å². The van der Waals surface area contributed by atoms with E-state index in [2.05, 4.69) is 0 Å². The largest absolute Gasteiger partial charge is 0.393 e. The highest BCUT2D eigenvalue weighted by Crippen LogP contribution is 2.32. The highest BCUT2D eigenvalue weighted by Gasteiger charge is 2.36. The summed E-state index contributed by atoms with van der Waals surface area (Å²) < 4.78 is 26.6. The standard InChI is InChI=1S/C12H18N4O4S/c1-9-8-15(7-6-14(9)2)21(19,20)11-5-3-4-10(13)12(11)16(17)18/h3-5,9H,6-8,13H2,1-2H3. The first-order chi connectivity index (χ1) is 9.75. The van der Waals surface area contributed by atoms with Gasteiger partial charge in [0.05, 0.1) is 4.92 Å². The molecule has 8 nitrogen and oxygen atoms in total. The Morgan fingerprint density at radius 2 is 2.05 bits per heavy atom. The van der Waals surface area contributed by atoms with Crippen LogP contribution in [0, 0.1) is 10.1 Å². The van der Waals surface area contributed by atoms with E-state index in [4.69, 9.17) is 5.73 Å². The molecule has 1 aromatic rings. The lowest BCUT2D eigenvalue weighted by atomic mass is 10.2. The summed E-state index contributed by atoms with van der Waals surface area (Å²) in [7, 11) is -2.02. The molecular weight excluding hydrogens is 296 g/mol. The van der Waals surface area contributed by atoms with Gasteiger partial charge in [-0.05, 0) is 26.1 Å². The molecule has 1 fully saturated rings. The van der Waals surface area contributed by atoms with Crippen LogP contribution in [0.5, 0.6) is 0 Å². The van der Waals surface area contributed by atoms with Gasteiger partial charge in [0, 0.05) is 25.7 Å². The first-order valence-electron chi connectivity index (χ1n) is 6.48. The third-order valence-corrected chi connectivity index (χ3v) is 5.65. The van der Waals surface area contributed by atoms with Crippen LogP contribution in [0.2, 0.25) is 0 Å². The molecule has 1 heterocycles. The number of nitrogen functional groups attached to an aromatic ring is 1. The van der Waals surface area contributed by atoms with Crippen LogP contribution >= 0.6 is 0 Å². The predicted octanol–water partition coefficient (Wildman–Crippen LogP) is 0.502. The molecule has 1 aromatic carbocycles. The molecule has 1 atom stereocenters. The highest BCUT2D eigenvalue weighted by molar-refractivity contribution is 7.89. The average molecular weight is 314 g/mol. The molecule has 0 bridgehead atoms. The Labute approximate surface area is 123 Å². The van der Waals surface area contributed by atoms with Crippen LogP contribution in [-0.2, 0) is 10.0 Å². The third-order valence-electron chi connectivity index (χ3n) is 3.75. The minimum atomic E-state index is -3.93. The Kier molecular flexibility index (Phi) is 4.17. The summed E-state index contributed by atoms with van der Waals surface area (Å²) >= 11 is 0. The molecule has 1 saturated heterocycles. The summed E-state index contributed by atoms with van der Waals surface area (Å²) in [6, 6.07) is 4.01. The molecule has 21 heavy (non-hydrogen) atoms. The number of nitro benzene ring substituents is 1. The van der Waals surface area contributed by atoms with E-state index in [-0.39, 0.29) is 16.6 Å². The van der Waals surface area contributed by atoms with Gasteiger partial charge >= 0.3 is 5.69 Å². The van der Waals surface area contributed by atoms with Gasteiger partial charge in [-0.15, -0.1) is 0 Å². The number of nitrogens with two attached hydrogens (primary N) is 1. The lowest BCUT2D eigenvalue weighted by Crippen LogP contribution is -2.51. The van der Waals surface area contributed by atoms with Crippen LogP contribution in [0.1, 0.15) is 6.92 Å². The molecule has 0 amide bonds. The minimum Gasteiger partial charge on any atom is -0.393 e. The molecule has 116 valence electrons. The zero-order valence-corrected chi connectivity index (χ0v) is 12.7. The van der Waals surface area contributed by atoms with Gasteiger partial charge in [0.2, 0.25) is 10.0 Å². The maximum Gasteiger partial charge on any atom is 0.312 e. The van der Waals surface area contributed by atoms with E-state index in [0.717, 1.165) is 0 Å². The fourth-order valence-electron chi connectivity index (χ4n) is 2.32.